The van der Waals surface area contributed by atoms with Crippen molar-refractivity contribution in [1.29, 1.82) is 0 Å². The van der Waals surface area contributed by atoms with Gasteiger partial charge in [0.05, 0.1) is 25.4 Å². The zero-order valence-electron chi connectivity index (χ0n) is 41.6. The number of carbonyl (C=O) groups is 2. The summed E-state index contributed by atoms with van der Waals surface area (Å²) in [7, 11) is 0. The second-order valence-corrected chi connectivity index (χ2v) is 18.9. The Kier molecular flexibility index (Phi) is 50.6. The van der Waals surface area contributed by atoms with Gasteiger partial charge in [-0.25, -0.2) is 0 Å². The molecule has 0 saturated carbocycles. The molecule has 6 nitrogen and oxygen atoms in total. The van der Waals surface area contributed by atoms with E-state index in [0.717, 1.165) is 77.0 Å². The topological polar surface area (TPSA) is 95.9 Å². The number of nitrogens with one attached hydrogen (secondary N) is 1. The first-order valence-corrected chi connectivity index (χ1v) is 27.6. The van der Waals surface area contributed by atoms with Crippen LogP contribution in [0.2, 0.25) is 0 Å². The molecule has 6 heteroatoms. The van der Waals surface area contributed by atoms with Crippen LogP contribution in [-0.2, 0) is 14.3 Å². The standard InChI is InChI=1S/C56H107NO5/c1-3-5-7-9-11-13-15-17-19-20-21-23-25-30-34-38-42-46-50-56(61)62-51-47-43-39-35-31-27-26-29-33-37-41-45-49-55(60)57-53(52-58)54(59)48-44-40-36-32-28-24-22-18-16-14-12-10-8-6-4-2/h27,31,44,48,53-54,58-59H,3-26,28-30,32-43,45-47,49-52H2,1-2H3,(H,57,60)/b31-27-,48-44+. The summed E-state index contributed by atoms with van der Waals surface area (Å²) in [4.78, 5) is 24.5. The van der Waals surface area contributed by atoms with E-state index >= 15 is 0 Å². The van der Waals surface area contributed by atoms with Crippen LogP contribution in [-0.4, -0.2) is 47.4 Å². The molecule has 0 aromatic carbocycles. The molecule has 0 saturated heterocycles. The van der Waals surface area contributed by atoms with Gasteiger partial charge in [0.15, 0.2) is 0 Å². The fourth-order valence-corrected chi connectivity index (χ4v) is 8.45. The predicted octanol–water partition coefficient (Wildman–Crippen LogP) is 16.7. The molecule has 0 aromatic heterocycles. The van der Waals surface area contributed by atoms with Gasteiger partial charge in [-0.1, -0.05) is 244 Å². The molecule has 0 aliphatic carbocycles. The quantitative estimate of drug-likeness (QED) is 0.0321. The maximum atomic E-state index is 12.4. The summed E-state index contributed by atoms with van der Waals surface area (Å²) in [6.45, 7) is 4.86. The Labute approximate surface area is 386 Å². The van der Waals surface area contributed by atoms with E-state index in [1.165, 1.54) is 193 Å². The lowest BCUT2D eigenvalue weighted by atomic mass is 10.0. The highest BCUT2D eigenvalue weighted by atomic mass is 16.5. The molecule has 3 N–H and O–H groups in total. The van der Waals surface area contributed by atoms with Gasteiger partial charge in [-0.3, -0.25) is 9.59 Å². The van der Waals surface area contributed by atoms with E-state index in [9.17, 15) is 19.8 Å². The second kappa shape index (κ2) is 52.0. The van der Waals surface area contributed by atoms with Crippen LogP contribution in [0.5, 0.6) is 0 Å². The summed E-state index contributed by atoms with van der Waals surface area (Å²) < 4.78 is 5.46. The van der Waals surface area contributed by atoms with Crippen molar-refractivity contribution in [1.82, 2.24) is 5.32 Å². The van der Waals surface area contributed by atoms with Crippen LogP contribution < -0.4 is 5.32 Å². The van der Waals surface area contributed by atoms with Crippen molar-refractivity contribution < 1.29 is 24.5 Å². The molecule has 0 fully saturated rings. The average Bonchev–Trinajstić information content (AvgIpc) is 3.27. The second-order valence-electron chi connectivity index (χ2n) is 18.9. The summed E-state index contributed by atoms with van der Waals surface area (Å²) in [5, 5.41) is 23.1. The van der Waals surface area contributed by atoms with E-state index in [1.54, 1.807) is 6.08 Å². The summed E-state index contributed by atoms with van der Waals surface area (Å²) in [5.41, 5.74) is 0. The number of esters is 1. The molecule has 0 heterocycles. The fourth-order valence-electron chi connectivity index (χ4n) is 8.45. The zero-order chi connectivity index (χ0) is 45.1. The Morgan fingerprint density at radius 3 is 1.15 bits per heavy atom. The average molecular weight is 874 g/mol. The van der Waals surface area contributed by atoms with Crippen molar-refractivity contribution >= 4 is 11.9 Å². The van der Waals surface area contributed by atoms with Crippen molar-refractivity contribution in [3.8, 4) is 0 Å². The molecule has 2 unspecified atom stereocenters. The molecule has 0 aromatic rings. The number of ether oxygens (including phenoxy) is 1. The van der Waals surface area contributed by atoms with Gasteiger partial charge in [0.1, 0.15) is 0 Å². The monoisotopic (exact) mass is 874 g/mol. The van der Waals surface area contributed by atoms with Gasteiger partial charge in [0.25, 0.3) is 0 Å². The van der Waals surface area contributed by atoms with Crippen LogP contribution in [0.15, 0.2) is 24.3 Å². The molecule has 0 aliphatic rings. The number of hydrogen-bond acceptors (Lipinski definition) is 5. The minimum Gasteiger partial charge on any atom is -0.466 e. The SMILES string of the molecule is CCCCCCCCCCCCCCC/C=C/C(O)C(CO)NC(=O)CCCCCCC/C=C\CCCCCOC(=O)CCCCCCCCCCCCCCCCCCCC. The minimum absolute atomic E-state index is 0.0200. The highest BCUT2D eigenvalue weighted by Crippen LogP contribution is 2.16. The number of allylic oxidation sites excluding steroid dienone is 3. The first-order chi connectivity index (χ1) is 30.5. The van der Waals surface area contributed by atoms with Crippen LogP contribution in [0.3, 0.4) is 0 Å². The van der Waals surface area contributed by atoms with Gasteiger partial charge in [-0.05, 0) is 64.2 Å². The first-order valence-electron chi connectivity index (χ1n) is 27.6. The molecular formula is C56H107NO5. The van der Waals surface area contributed by atoms with Gasteiger partial charge in [-0.15, -0.1) is 0 Å². The molecular weight excluding hydrogens is 767 g/mol. The summed E-state index contributed by atoms with van der Waals surface area (Å²) >= 11 is 0. The van der Waals surface area contributed by atoms with Crippen molar-refractivity contribution in [2.75, 3.05) is 13.2 Å². The van der Waals surface area contributed by atoms with Crippen molar-refractivity contribution in [2.45, 2.75) is 309 Å². The van der Waals surface area contributed by atoms with Crippen LogP contribution in [0.25, 0.3) is 0 Å². The number of rotatable bonds is 51. The smallest absolute Gasteiger partial charge is 0.305 e. The number of amides is 1. The Balaban J connectivity index is 3.50. The molecule has 1 amide bonds. The molecule has 366 valence electrons. The van der Waals surface area contributed by atoms with Crippen molar-refractivity contribution in [2.24, 2.45) is 0 Å². The Hall–Kier alpha value is -1.66. The van der Waals surface area contributed by atoms with E-state index < -0.39 is 12.1 Å². The Bertz CT molecular complexity index is 966. The maximum absolute atomic E-state index is 12.4. The van der Waals surface area contributed by atoms with E-state index in [1.807, 2.05) is 6.08 Å². The third kappa shape index (κ3) is 47.8. The largest absolute Gasteiger partial charge is 0.466 e. The van der Waals surface area contributed by atoms with Crippen molar-refractivity contribution in [3.05, 3.63) is 24.3 Å². The predicted molar refractivity (Wildman–Crippen MR) is 269 cm³/mol. The first kappa shape index (κ1) is 60.3. The number of carbonyl (C=O) groups excluding carboxylic acids is 2. The third-order valence-corrected chi connectivity index (χ3v) is 12.7. The molecule has 0 radical (unpaired) electrons. The van der Waals surface area contributed by atoms with Crippen LogP contribution in [0.1, 0.15) is 296 Å². The van der Waals surface area contributed by atoms with E-state index in [-0.39, 0.29) is 18.5 Å². The fraction of sp³-hybridized carbons (Fsp3) is 0.893. The lowest BCUT2D eigenvalue weighted by Gasteiger charge is -2.20. The molecule has 0 aliphatic heterocycles. The lowest BCUT2D eigenvalue weighted by Crippen LogP contribution is -2.45. The number of unbranched alkanes of at least 4 members (excludes halogenated alkanes) is 38. The van der Waals surface area contributed by atoms with Gasteiger partial charge in [0, 0.05) is 12.8 Å². The molecule has 0 spiro atoms. The summed E-state index contributed by atoms with van der Waals surface area (Å²) in [5.74, 6) is -0.113. The van der Waals surface area contributed by atoms with Gasteiger partial charge >= 0.3 is 5.97 Å². The Morgan fingerprint density at radius 1 is 0.435 bits per heavy atom. The number of aliphatic hydroxyl groups is 2. The highest BCUT2D eigenvalue weighted by Gasteiger charge is 2.18. The minimum atomic E-state index is -0.860. The normalized spacial score (nSPS) is 12.8. The Morgan fingerprint density at radius 2 is 0.758 bits per heavy atom. The van der Waals surface area contributed by atoms with Gasteiger partial charge < -0.3 is 20.3 Å². The summed E-state index contributed by atoms with van der Waals surface area (Å²) in [6.07, 6.45) is 61.9. The van der Waals surface area contributed by atoms with Crippen molar-refractivity contribution in [3.63, 3.8) is 0 Å². The maximum Gasteiger partial charge on any atom is 0.305 e. The van der Waals surface area contributed by atoms with E-state index in [0.29, 0.717) is 19.4 Å². The lowest BCUT2D eigenvalue weighted by molar-refractivity contribution is -0.143. The molecule has 0 rings (SSSR count). The van der Waals surface area contributed by atoms with Crippen LogP contribution >= 0.6 is 0 Å². The summed E-state index contributed by atoms with van der Waals surface area (Å²) in [6, 6.07) is -0.646. The molecule has 0 bridgehead atoms. The van der Waals surface area contributed by atoms with Crippen LogP contribution in [0, 0.1) is 0 Å². The highest BCUT2D eigenvalue weighted by molar-refractivity contribution is 5.76. The van der Waals surface area contributed by atoms with Gasteiger partial charge in [-0.2, -0.15) is 0 Å². The van der Waals surface area contributed by atoms with Crippen LogP contribution in [0.4, 0.5) is 0 Å². The van der Waals surface area contributed by atoms with E-state index in [2.05, 4.69) is 31.3 Å². The molecule has 62 heavy (non-hydrogen) atoms. The molecule has 2 atom stereocenters. The zero-order valence-corrected chi connectivity index (χ0v) is 41.6. The number of aliphatic hydroxyl groups excluding tert-OH is 2. The van der Waals surface area contributed by atoms with Gasteiger partial charge in [0.2, 0.25) is 5.91 Å². The van der Waals surface area contributed by atoms with E-state index in [4.69, 9.17) is 4.74 Å². The third-order valence-electron chi connectivity index (χ3n) is 12.7. The number of hydrogen-bond donors (Lipinski definition) is 3.